The lowest BCUT2D eigenvalue weighted by atomic mass is 10.0. The van der Waals surface area contributed by atoms with Crippen molar-refractivity contribution in [1.29, 1.82) is 0 Å². The van der Waals surface area contributed by atoms with Gasteiger partial charge in [0, 0.05) is 32.2 Å². The molecule has 0 radical (unpaired) electrons. The highest BCUT2D eigenvalue weighted by Gasteiger charge is 2.28. The van der Waals surface area contributed by atoms with E-state index in [1.165, 1.54) is 6.07 Å². The molecule has 3 aromatic heterocycles. The lowest BCUT2D eigenvalue weighted by Crippen LogP contribution is -2.39. The number of nitrogens with zero attached hydrogens (tertiary/aromatic N) is 6. The van der Waals surface area contributed by atoms with Gasteiger partial charge in [0.1, 0.15) is 17.3 Å². The van der Waals surface area contributed by atoms with E-state index in [4.69, 9.17) is 15.8 Å². The second-order valence-electron chi connectivity index (χ2n) is 9.64. The van der Waals surface area contributed by atoms with Crippen LogP contribution in [0.1, 0.15) is 43.0 Å². The van der Waals surface area contributed by atoms with Crippen LogP contribution >= 0.6 is 0 Å². The number of benzene rings is 1. The lowest BCUT2D eigenvalue weighted by Gasteiger charge is -2.29. The van der Waals surface area contributed by atoms with E-state index in [-0.39, 0.29) is 11.9 Å². The molecule has 0 amide bonds. The van der Waals surface area contributed by atoms with Crippen LogP contribution in [0.3, 0.4) is 0 Å². The van der Waals surface area contributed by atoms with Gasteiger partial charge in [0.05, 0.1) is 23.6 Å². The maximum Gasteiger partial charge on any atom is 0.154 e. The molecule has 1 aromatic carbocycles. The van der Waals surface area contributed by atoms with Crippen molar-refractivity contribution in [2.45, 2.75) is 44.3 Å². The maximum atomic E-state index is 13.9. The van der Waals surface area contributed by atoms with Gasteiger partial charge in [-0.25, -0.2) is 18.9 Å². The van der Waals surface area contributed by atoms with Crippen molar-refractivity contribution >= 4 is 11.5 Å². The summed E-state index contributed by atoms with van der Waals surface area (Å²) in [5, 5.41) is 4.97. The Morgan fingerprint density at radius 3 is 2.69 bits per heavy atom. The van der Waals surface area contributed by atoms with Crippen molar-refractivity contribution < 1.29 is 4.39 Å². The monoisotopic (exact) mass is 471 g/mol. The number of piperidine rings is 1. The quantitative estimate of drug-likeness (QED) is 0.470. The van der Waals surface area contributed by atoms with Gasteiger partial charge in [-0.15, -0.1) is 5.10 Å². The Morgan fingerprint density at radius 1 is 0.971 bits per heavy atom. The normalized spacial score (nSPS) is 19.6. The van der Waals surface area contributed by atoms with Crippen LogP contribution in [0.5, 0.6) is 0 Å². The highest BCUT2D eigenvalue weighted by molar-refractivity contribution is 5.61. The summed E-state index contributed by atoms with van der Waals surface area (Å²) in [7, 11) is 0. The molecule has 6 rings (SSSR count). The predicted octanol–water partition coefficient (Wildman–Crippen LogP) is 4.20. The Hall–Kier alpha value is -3.36. The second-order valence-corrected chi connectivity index (χ2v) is 9.64. The average Bonchev–Trinajstić information content (AvgIpc) is 3.53. The van der Waals surface area contributed by atoms with Gasteiger partial charge in [0.25, 0.3) is 0 Å². The first kappa shape index (κ1) is 22.1. The van der Waals surface area contributed by atoms with E-state index in [1.54, 1.807) is 12.1 Å². The summed E-state index contributed by atoms with van der Waals surface area (Å²) in [5.41, 5.74) is 10.6. The largest absolute Gasteiger partial charge is 0.348 e. The first-order chi connectivity index (χ1) is 17.1. The fourth-order valence-corrected chi connectivity index (χ4v) is 5.34. The van der Waals surface area contributed by atoms with Crippen LogP contribution in [0.25, 0.3) is 17.0 Å². The summed E-state index contributed by atoms with van der Waals surface area (Å²) in [5.74, 6) is 0.664. The number of halogens is 1. The molecule has 2 fully saturated rings. The summed E-state index contributed by atoms with van der Waals surface area (Å²) in [4.78, 5) is 14.2. The van der Waals surface area contributed by atoms with Crippen molar-refractivity contribution in [2.75, 3.05) is 24.5 Å². The number of fused-ring (bicyclic) bond motifs is 1. The molecule has 2 aliphatic heterocycles. The zero-order chi connectivity index (χ0) is 23.8. The number of hydrogen-bond donors (Lipinski definition) is 1. The SMILES string of the molecule is NC1CCN(Cc2cccc(-c3cnc4ccc(N5CCCC5c5cccc(F)c5)nn34)n2)CC1. The Morgan fingerprint density at radius 2 is 1.83 bits per heavy atom. The van der Waals surface area contributed by atoms with E-state index in [0.29, 0.717) is 6.04 Å². The van der Waals surface area contributed by atoms with E-state index < -0.39 is 0 Å². The minimum atomic E-state index is -0.201. The average molecular weight is 472 g/mol. The van der Waals surface area contributed by atoms with Crippen molar-refractivity contribution in [3.63, 3.8) is 0 Å². The third-order valence-electron chi connectivity index (χ3n) is 7.22. The summed E-state index contributed by atoms with van der Waals surface area (Å²) in [6.07, 6.45) is 5.93. The molecular formula is C27H30FN7. The standard InChI is InChI=1S/C27H30FN7/c28-20-5-1-4-19(16-20)24-8-3-13-34(24)27-10-9-26-30-17-25(35(26)32-27)23-7-2-6-22(31-23)18-33-14-11-21(29)12-15-33/h1-2,4-7,9-10,16-17,21,24H,3,8,11-15,18,29H2. The minimum Gasteiger partial charge on any atom is -0.348 e. The molecule has 180 valence electrons. The van der Waals surface area contributed by atoms with E-state index >= 15 is 0 Å². The first-order valence-electron chi connectivity index (χ1n) is 12.5. The van der Waals surface area contributed by atoms with Crippen molar-refractivity contribution in [3.8, 4) is 11.4 Å². The number of pyridine rings is 1. The van der Waals surface area contributed by atoms with E-state index in [9.17, 15) is 4.39 Å². The molecule has 8 heteroatoms. The molecule has 2 N–H and O–H groups in total. The molecular weight excluding hydrogens is 441 g/mol. The van der Waals surface area contributed by atoms with Crippen molar-refractivity contribution in [2.24, 2.45) is 5.73 Å². The van der Waals surface area contributed by atoms with Crippen LogP contribution in [0.2, 0.25) is 0 Å². The number of aromatic nitrogens is 4. The van der Waals surface area contributed by atoms with Gasteiger partial charge in [-0.1, -0.05) is 18.2 Å². The molecule has 1 atom stereocenters. The highest BCUT2D eigenvalue weighted by atomic mass is 19.1. The van der Waals surface area contributed by atoms with E-state index in [1.807, 2.05) is 35.0 Å². The molecule has 1 unspecified atom stereocenters. The first-order valence-corrected chi connectivity index (χ1v) is 12.5. The summed E-state index contributed by atoms with van der Waals surface area (Å²) in [6.45, 7) is 3.72. The van der Waals surface area contributed by atoms with Gasteiger partial charge < -0.3 is 10.6 Å². The second kappa shape index (κ2) is 9.36. The third-order valence-corrected chi connectivity index (χ3v) is 7.22. The molecule has 2 saturated heterocycles. The van der Waals surface area contributed by atoms with Crippen LogP contribution in [-0.4, -0.2) is 50.2 Å². The molecule has 0 aliphatic carbocycles. The van der Waals surface area contributed by atoms with Gasteiger partial charge in [0.2, 0.25) is 0 Å². The number of rotatable bonds is 5. The van der Waals surface area contributed by atoms with Gasteiger partial charge >= 0.3 is 0 Å². The molecule has 0 spiro atoms. The Labute approximate surface area is 204 Å². The number of anilines is 1. The number of imidazole rings is 1. The molecule has 35 heavy (non-hydrogen) atoms. The summed E-state index contributed by atoms with van der Waals surface area (Å²) < 4.78 is 15.8. The summed E-state index contributed by atoms with van der Waals surface area (Å²) in [6, 6.07) is 17.5. The third kappa shape index (κ3) is 4.51. The molecule has 7 nitrogen and oxygen atoms in total. The van der Waals surface area contributed by atoms with E-state index in [2.05, 4.69) is 26.9 Å². The Balaban J connectivity index is 1.29. The predicted molar refractivity (Wildman–Crippen MR) is 134 cm³/mol. The summed E-state index contributed by atoms with van der Waals surface area (Å²) >= 11 is 0. The van der Waals surface area contributed by atoms with E-state index in [0.717, 1.165) is 86.0 Å². The topological polar surface area (TPSA) is 75.6 Å². The number of hydrogen-bond acceptors (Lipinski definition) is 6. The minimum absolute atomic E-state index is 0.113. The van der Waals surface area contributed by atoms with Gasteiger partial charge in [0.15, 0.2) is 5.65 Å². The zero-order valence-electron chi connectivity index (χ0n) is 19.7. The maximum absolute atomic E-state index is 13.9. The van der Waals surface area contributed by atoms with Gasteiger partial charge in [-0.2, -0.15) is 0 Å². The van der Waals surface area contributed by atoms with Crippen LogP contribution in [-0.2, 0) is 6.54 Å². The van der Waals surface area contributed by atoms with Gasteiger partial charge in [-0.3, -0.25) is 4.90 Å². The number of likely N-dealkylation sites (tertiary alicyclic amines) is 1. The Kier molecular flexibility index (Phi) is 5.91. The van der Waals surface area contributed by atoms with Gasteiger partial charge in [-0.05, 0) is 67.6 Å². The molecule has 0 saturated carbocycles. The van der Waals surface area contributed by atoms with Crippen molar-refractivity contribution in [1.82, 2.24) is 24.5 Å². The molecule has 5 heterocycles. The fourth-order valence-electron chi connectivity index (χ4n) is 5.34. The van der Waals surface area contributed by atoms with Crippen LogP contribution in [0.15, 0.2) is 60.8 Å². The van der Waals surface area contributed by atoms with Crippen LogP contribution in [0.4, 0.5) is 10.2 Å². The molecule has 0 bridgehead atoms. The molecule has 4 aromatic rings. The lowest BCUT2D eigenvalue weighted by molar-refractivity contribution is 0.203. The van der Waals surface area contributed by atoms with Crippen LogP contribution < -0.4 is 10.6 Å². The smallest absolute Gasteiger partial charge is 0.154 e. The van der Waals surface area contributed by atoms with Crippen molar-refractivity contribution in [3.05, 3.63) is 77.9 Å². The molecule has 2 aliphatic rings. The number of nitrogens with two attached hydrogens (primary N) is 1. The Bertz CT molecular complexity index is 1330. The fraction of sp³-hybridized carbons (Fsp3) is 0.370. The zero-order valence-corrected chi connectivity index (χ0v) is 19.7. The highest BCUT2D eigenvalue weighted by Crippen LogP contribution is 2.35. The van der Waals surface area contributed by atoms with Crippen LogP contribution in [0, 0.1) is 5.82 Å².